The van der Waals surface area contributed by atoms with Crippen molar-refractivity contribution in [2.45, 2.75) is 12.3 Å². The largest absolute Gasteiger partial charge is 0.316 e. The molecule has 0 radical (unpaired) electrons. The first kappa shape index (κ1) is 10.9. The van der Waals surface area contributed by atoms with Gasteiger partial charge in [0.1, 0.15) is 5.65 Å². The highest BCUT2D eigenvalue weighted by Gasteiger charge is 2.19. The van der Waals surface area contributed by atoms with E-state index in [-0.39, 0.29) is 5.56 Å². The molecule has 1 aliphatic rings. The van der Waals surface area contributed by atoms with Crippen LogP contribution in [0.2, 0.25) is 0 Å². The van der Waals surface area contributed by atoms with Crippen molar-refractivity contribution in [3.05, 3.63) is 44.9 Å². The summed E-state index contributed by atoms with van der Waals surface area (Å²) in [7, 11) is 0. The standard InChI is InChI=1S/C12H12BrN3O/c13-9-2-4-16-11(5-9)15-10(6-12(16)17)8-1-3-14-7-8/h2,4-6,8,14H,1,3,7H2. The average Bonchev–Trinajstić information content (AvgIpc) is 2.81. The summed E-state index contributed by atoms with van der Waals surface area (Å²) in [5.74, 6) is 0.367. The first-order chi connectivity index (χ1) is 8.24. The molecule has 1 atom stereocenters. The molecule has 2 aromatic rings. The van der Waals surface area contributed by atoms with Crippen molar-refractivity contribution in [1.82, 2.24) is 14.7 Å². The summed E-state index contributed by atoms with van der Waals surface area (Å²) in [4.78, 5) is 16.5. The fraction of sp³-hybridized carbons (Fsp3) is 0.333. The fourth-order valence-electron chi connectivity index (χ4n) is 2.21. The van der Waals surface area contributed by atoms with E-state index in [2.05, 4.69) is 26.2 Å². The lowest BCUT2D eigenvalue weighted by Crippen LogP contribution is -2.18. The molecule has 1 N–H and O–H groups in total. The smallest absolute Gasteiger partial charge is 0.258 e. The van der Waals surface area contributed by atoms with Crippen molar-refractivity contribution in [1.29, 1.82) is 0 Å². The van der Waals surface area contributed by atoms with Crippen molar-refractivity contribution in [3.63, 3.8) is 0 Å². The van der Waals surface area contributed by atoms with Gasteiger partial charge in [0, 0.05) is 29.2 Å². The zero-order valence-electron chi connectivity index (χ0n) is 9.19. The number of pyridine rings is 1. The lowest BCUT2D eigenvalue weighted by atomic mass is 10.1. The molecule has 0 aliphatic carbocycles. The van der Waals surface area contributed by atoms with Gasteiger partial charge in [0.15, 0.2) is 0 Å². The number of halogens is 1. The van der Waals surface area contributed by atoms with E-state index in [9.17, 15) is 4.79 Å². The van der Waals surface area contributed by atoms with Crippen molar-refractivity contribution >= 4 is 21.6 Å². The van der Waals surface area contributed by atoms with E-state index >= 15 is 0 Å². The number of hydrogen-bond donors (Lipinski definition) is 1. The van der Waals surface area contributed by atoms with Gasteiger partial charge in [-0.15, -0.1) is 0 Å². The summed E-state index contributed by atoms with van der Waals surface area (Å²) >= 11 is 3.40. The third-order valence-electron chi connectivity index (χ3n) is 3.13. The molecule has 88 valence electrons. The summed E-state index contributed by atoms with van der Waals surface area (Å²) in [6.45, 7) is 1.92. The summed E-state index contributed by atoms with van der Waals surface area (Å²) in [5.41, 5.74) is 1.59. The maximum Gasteiger partial charge on any atom is 0.258 e. The molecule has 17 heavy (non-hydrogen) atoms. The van der Waals surface area contributed by atoms with Crippen LogP contribution in [0.4, 0.5) is 0 Å². The summed E-state index contributed by atoms with van der Waals surface area (Å²) < 4.78 is 2.50. The van der Waals surface area contributed by atoms with Crippen molar-refractivity contribution in [2.75, 3.05) is 13.1 Å². The van der Waals surface area contributed by atoms with Crippen LogP contribution in [0, 0.1) is 0 Å². The molecule has 0 saturated carbocycles. The average molecular weight is 294 g/mol. The second-order valence-corrected chi connectivity index (χ2v) is 5.20. The van der Waals surface area contributed by atoms with Crippen LogP contribution in [0.25, 0.3) is 5.65 Å². The zero-order chi connectivity index (χ0) is 11.8. The first-order valence-electron chi connectivity index (χ1n) is 5.63. The maximum atomic E-state index is 12.0. The monoisotopic (exact) mass is 293 g/mol. The highest BCUT2D eigenvalue weighted by molar-refractivity contribution is 9.10. The van der Waals surface area contributed by atoms with Crippen LogP contribution in [0.5, 0.6) is 0 Å². The van der Waals surface area contributed by atoms with Gasteiger partial charge in [-0.1, -0.05) is 15.9 Å². The maximum absolute atomic E-state index is 12.0. The summed E-state index contributed by atoms with van der Waals surface area (Å²) in [5, 5.41) is 3.29. The van der Waals surface area contributed by atoms with Crippen molar-refractivity contribution < 1.29 is 0 Å². The van der Waals surface area contributed by atoms with Gasteiger partial charge in [0.25, 0.3) is 5.56 Å². The van der Waals surface area contributed by atoms with E-state index in [0.717, 1.165) is 29.7 Å². The van der Waals surface area contributed by atoms with Crippen LogP contribution in [0.3, 0.4) is 0 Å². The molecular formula is C12H12BrN3O. The lowest BCUT2D eigenvalue weighted by molar-refractivity contribution is 0.730. The van der Waals surface area contributed by atoms with Crippen LogP contribution >= 0.6 is 15.9 Å². The Balaban J connectivity index is 2.18. The molecular weight excluding hydrogens is 282 g/mol. The van der Waals surface area contributed by atoms with E-state index in [1.165, 1.54) is 0 Å². The molecule has 1 saturated heterocycles. The zero-order valence-corrected chi connectivity index (χ0v) is 10.8. The van der Waals surface area contributed by atoms with Gasteiger partial charge in [-0.25, -0.2) is 4.98 Å². The van der Waals surface area contributed by atoms with Gasteiger partial charge < -0.3 is 5.32 Å². The minimum atomic E-state index is -0.00981. The summed E-state index contributed by atoms with van der Waals surface area (Å²) in [6.07, 6.45) is 2.79. The molecule has 1 fully saturated rings. The fourth-order valence-corrected chi connectivity index (χ4v) is 2.54. The Morgan fingerprint density at radius 1 is 1.47 bits per heavy atom. The molecule has 1 aliphatic heterocycles. The lowest BCUT2D eigenvalue weighted by Gasteiger charge is -2.09. The third-order valence-corrected chi connectivity index (χ3v) is 3.62. The Morgan fingerprint density at radius 3 is 3.12 bits per heavy atom. The predicted octanol–water partition coefficient (Wildman–Crippen LogP) is 1.53. The van der Waals surface area contributed by atoms with E-state index in [4.69, 9.17) is 0 Å². The highest BCUT2D eigenvalue weighted by Crippen LogP contribution is 2.20. The number of aromatic nitrogens is 2. The SMILES string of the molecule is O=c1cc(C2CCNC2)nc2cc(Br)ccn12. The quantitative estimate of drug-likeness (QED) is 0.867. The van der Waals surface area contributed by atoms with Crippen molar-refractivity contribution in [2.24, 2.45) is 0 Å². The molecule has 0 bridgehead atoms. The topological polar surface area (TPSA) is 46.4 Å². The molecule has 3 rings (SSSR count). The van der Waals surface area contributed by atoms with Gasteiger partial charge in [-0.05, 0) is 25.1 Å². The highest BCUT2D eigenvalue weighted by atomic mass is 79.9. The summed E-state index contributed by atoms with van der Waals surface area (Å²) in [6, 6.07) is 5.36. The second kappa shape index (κ2) is 4.23. The Hall–Kier alpha value is -1.20. The van der Waals surface area contributed by atoms with Gasteiger partial charge in [0.2, 0.25) is 0 Å². The number of rotatable bonds is 1. The molecule has 0 spiro atoms. The van der Waals surface area contributed by atoms with Crippen LogP contribution in [-0.4, -0.2) is 22.5 Å². The Morgan fingerprint density at radius 2 is 2.35 bits per heavy atom. The van der Waals surface area contributed by atoms with Crippen LogP contribution in [-0.2, 0) is 0 Å². The molecule has 3 heterocycles. The number of fused-ring (bicyclic) bond motifs is 1. The van der Waals surface area contributed by atoms with Crippen LogP contribution in [0.1, 0.15) is 18.0 Å². The molecule has 1 unspecified atom stereocenters. The van der Waals surface area contributed by atoms with Crippen molar-refractivity contribution in [3.8, 4) is 0 Å². The normalized spacial score (nSPS) is 19.9. The molecule has 4 nitrogen and oxygen atoms in total. The van der Waals surface area contributed by atoms with Crippen LogP contribution in [0.15, 0.2) is 33.7 Å². The first-order valence-corrected chi connectivity index (χ1v) is 6.43. The predicted molar refractivity (Wildman–Crippen MR) is 69.4 cm³/mol. The van der Waals surface area contributed by atoms with Gasteiger partial charge in [-0.2, -0.15) is 0 Å². The number of hydrogen-bond acceptors (Lipinski definition) is 3. The molecule has 5 heteroatoms. The Bertz CT molecular complexity index is 617. The second-order valence-electron chi connectivity index (χ2n) is 4.28. The van der Waals surface area contributed by atoms with Gasteiger partial charge in [0.05, 0.1) is 5.69 Å². The van der Waals surface area contributed by atoms with E-state index in [0.29, 0.717) is 11.6 Å². The van der Waals surface area contributed by atoms with E-state index in [1.807, 2.05) is 12.1 Å². The minimum Gasteiger partial charge on any atom is -0.316 e. The van der Waals surface area contributed by atoms with Crippen LogP contribution < -0.4 is 10.9 Å². The van der Waals surface area contributed by atoms with Gasteiger partial charge >= 0.3 is 0 Å². The van der Waals surface area contributed by atoms with Gasteiger partial charge in [-0.3, -0.25) is 9.20 Å². The third kappa shape index (κ3) is 2.00. The number of nitrogens with one attached hydrogen (secondary N) is 1. The Labute approximate surface area is 107 Å². The number of nitrogens with zero attached hydrogens (tertiary/aromatic N) is 2. The van der Waals surface area contributed by atoms with E-state index in [1.54, 1.807) is 16.7 Å². The van der Waals surface area contributed by atoms with E-state index < -0.39 is 0 Å². The minimum absolute atomic E-state index is 0.00981. The molecule has 2 aromatic heterocycles. The molecule has 0 aromatic carbocycles. The Kier molecular flexibility index (Phi) is 2.72. The molecule has 0 amide bonds.